The van der Waals surface area contributed by atoms with Crippen LogP contribution in [0.2, 0.25) is 0 Å². The molecule has 9 nitrogen and oxygen atoms in total. The Hall–Kier alpha value is -2.56. The van der Waals surface area contributed by atoms with Gasteiger partial charge in [0.05, 0.1) is 28.4 Å². The van der Waals surface area contributed by atoms with E-state index in [0.717, 1.165) is 30.6 Å². The first-order valence-electron chi connectivity index (χ1n) is 11.3. The van der Waals surface area contributed by atoms with Crippen LogP contribution in [0, 0.1) is 5.92 Å². The van der Waals surface area contributed by atoms with Crippen molar-refractivity contribution in [1.29, 1.82) is 0 Å². The molecule has 34 heavy (non-hydrogen) atoms. The summed E-state index contributed by atoms with van der Waals surface area (Å²) in [6.45, 7) is 0.201. The van der Waals surface area contributed by atoms with Gasteiger partial charge in [-0.3, -0.25) is 14.4 Å². The Balaban J connectivity index is 1.35. The van der Waals surface area contributed by atoms with Crippen LogP contribution in [0.1, 0.15) is 35.4 Å². The third-order valence-corrected chi connectivity index (χ3v) is 8.27. The monoisotopic (exact) mass is 504 g/mol. The van der Waals surface area contributed by atoms with Crippen LogP contribution in [0.15, 0.2) is 24.4 Å². The molecule has 11 heteroatoms. The SMILES string of the molecule is COc1cnnc(-c2ccc(C(=O)N[C@H](C(=O)N3C[C@H](Cl)[C@H]4OCC(=O)[C@H]43)C3CCCC3)s2)c1. The number of nitrogens with one attached hydrogen (secondary N) is 1. The molecule has 180 valence electrons. The van der Waals surface area contributed by atoms with E-state index < -0.39 is 23.6 Å². The minimum Gasteiger partial charge on any atom is -0.495 e. The molecule has 5 rings (SSSR count). The smallest absolute Gasteiger partial charge is 0.262 e. The van der Waals surface area contributed by atoms with Crippen LogP contribution in [-0.4, -0.2) is 76.5 Å². The Morgan fingerprint density at radius 1 is 1.32 bits per heavy atom. The van der Waals surface area contributed by atoms with E-state index in [1.807, 2.05) is 0 Å². The number of likely N-dealkylation sites (tertiary alicyclic amines) is 1. The van der Waals surface area contributed by atoms with Crippen LogP contribution in [0.3, 0.4) is 0 Å². The number of carbonyl (C=O) groups is 3. The number of nitrogens with zero attached hydrogens (tertiary/aromatic N) is 3. The molecule has 1 saturated carbocycles. The van der Waals surface area contributed by atoms with Crippen molar-refractivity contribution >= 4 is 40.5 Å². The highest BCUT2D eigenvalue weighted by Gasteiger charge is 2.53. The zero-order chi connectivity index (χ0) is 23.8. The van der Waals surface area contributed by atoms with Crippen LogP contribution < -0.4 is 10.1 Å². The lowest BCUT2D eigenvalue weighted by Crippen LogP contribution is -2.54. The average Bonchev–Trinajstić information content (AvgIpc) is 3.64. The molecular formula is C23H25ClN4O5S. The van der Waals surface area contributed by atoms with E-state index in [9.17, 15) is 14.4 Å². The van der Waals surface area contributed by atoms with Crippen LogP contribution in [-0.2, 0) is 14.3 Å². The molecule has 0 radical (unpaired) electrons. The minimum atomic E-state index is -0.715. The molecule has 0 aromatic carbocycles. The third kappa shape index (κ3) is 4.30. The number of amides is 2. The van der Waals surface area contributed by atoms with Gasteiger partial charge in [-0.2, -0.15) is 5.10 Å². The topological polar surface area (TPSA) is 111 Å². The summed E-state index contributed by atoms with van der Waals surface area (Å²) < 4.78 is 10.7. The van der Waals surface area contributed by atoms with Gasteiger partial charge in [0.15, 0.2) is 5.78 Å². The number of ketones is 1. The van der Waals surface area contributed by atoms with Gasteiger partial charge in [-0.05, 0) is 30.9 Å². The second-order valence-corrected chi connectivity index (χ2v) is 10.5. The Kier molecular flexibility index (Phi) is 6.54. The summed E-state index contributed by atoms with van der Waals surface area (Å²) in [6, 6.07) is 3.87. The molecule has 2 aromatic rings. The molecule has 2 amide bonds. The number of thiophene rings is 1. The maximum atomic E-state index is 13.6. The van der Waals surface area contributed by atoms with Gasteiger partial charge in [-0.25, -0.2) is 0 Å². The molecule has 4 heterocycles. The number of Topliss-reactive ketones (excluding diaryl/α,β-unsaturated/α-hetero) is 1. The Morgan fingerprint density at radius 3 is 2.88 bits per heavy atom. The van der Waals surface area contributed by atoms with Crippen molar-refractivity contribution in [2.24, 2.45) is 5.92 Å². The number of rotatable bonds is 6. The summed E-state index contributed by atoms with van der Waals surface area (Å²) in [7, 11) is 1.55. The van der Waals surface area contributed by atoms with Crippen molar-refractivity contribution < 1.29 is 23.9 Å². The van der Waals surface area contributed by atoms with E-state index in [1.165, 1.54) is 22.4 Å². The number of hydrogen-bond acceptors (Lipinski definition) is 8. The molecule has 2 aromatic heterocycles. The van der Waals surface area contributed by atoms with Gasteiger partial charge in [0.1, 0.15) is 36.2 Å². The first-order valence-corrected chi connectivity index (χ1v) is 12.6. The van der Waals surface area contributed by atoms with Crippen molar-refractivity contribution in [3.63, 3.8) is 0 Å². The lowest BCUT2D eigenvalue weighted by Gasteiger charge is -2.30. The van der Waals surface area contributed by atoms with E-state index in [0.29, 0.717) is 16.3 Å². The van der Waals surface area contributed by atoms with Crippen molar-refractivity contribution in [1.82, 2.24) is 20.4 Å². The quantitative estimate of drug-likeness (QED) is 0.601. The van der Waals surface area contributed by atoms with E-state index >= 15 is 0 Å². The summed E-state index contributed by atoms with van der Waals surface area (Å²) in [4.78, 5) is 42.0. The highest BCUT2D eigenvalue weighted by molar-refractivity contribution is 7.17. The summed E-state index contributed by atoms with van der Waals surface area (Å²) in [5, 5.41) is 10.6. The van der Waals surface area contributed by atoms with Gasteiger partial charge < -0.3 is 19.7 Å². The van der Waals surface area contributed by atoms with Crippen LogP contribution in [0.4, 0.5) is 0 Å². The van der Waals surface area contributed by atoms with Crippen molar-refractivity contribution in [3.05, 3.63) is 29.3 Å². The summed E-state index contributed by atoms with van der Waals surface area (Å²) in [6.07, 6.45) is 4.74. The molecule has 1 aliphatic carbocycles. The van der Waals surface area contributed by atoms with E-state index in [-0.39, 0.29) is 36.7 Å². The molecule has 3 aliphatic rings. The fourth-order valence-corrected chi connectivity index (χ4v) is 6.29. The van der Waals surface area contributed by atoms with Gasteiger partial charge >= 0.3 is 0 Å². The summed E-state index contributed by atoms with van der Waals surface area (Å²) in [5.74, 6) is -0.133. The Morgan fingerprint density at radius 2 is 2.12 bits per heavy atom. The minimum absolute atomic E-state index is 0.0189. The van der Waals surface area contributed by atoms with Crippen LogP contribution in [0.25, 0.3) is 10.6 Å². The number of fused-ring (bicyclic) bond motifs is 1. The molecule has 1 N–H and O–H groups in total. The third-order valence-electron chi connectivity index (χ3n) is 6.78. The Labute approximate surface area is 205 Å². The first kappa shape index (κ1) is 23.2. The van der Waals surface area contributed by atoms with Gasteiger partial charge in [0.25, 0.3) is 5.91 Å². The molecule has 0 spiro atoms. The fraction of sp³-hybridized carbons (Fsp3) is 0.522. The van der Waals surface area contributed by atoms with Crippen molar-refractivity contribution in [2.75, 3.05) is 20.3 Å². The maximum Gasteiger partial charge on any atom is 0.262 e. The van der Waals surface area contributed by atoms with E-state index in [2.05, 4.69) is 15.5 Å². The molecular weight excluding hydrogens is 480 g/mol. The normalized spacial score (nSPS) is 25.4. The number of alkyl halides is 1. The van der Waals surface area contributed by atoms with E-state index in [1.54, 1.807) is 25.3 Å². The van der Waals surface area contributed by atoms with Gasteiger partial charge in [-0.1, -0.05) is 12.8 Å². The maximum absolute atomic E-state index is 13.6. The summed E-state index contributed by atoms with van der Waals surface area (Å²) >= 11 is 7.66. The standard InChI is InChI=1S/C23H25ClN4O5S/c1-32-13-8-15(27-25-9-13)17-6-7-18(34-17)22(30)26-19(12-4-2-3-5-12)23(31)28-10-14(24)21-20(28)16(29)11-33-21/h6-9,12,14,19-21H,2-5,10-11H2,1H3,(H,26,30)/t14-,19-,20+,21+/m0/s1. The van der Waals surface area contributed by atoms with Crippen molar-refractivity contribution in [3.8, 4) is 16.3 Å². The predicted molar refractivity (Wildman–Crippen MR) is 125 cm³/mol. The zero-order valence-corrected chi connectivity index (χ0v) is 20.2. The second-order valence-electron chi connectivity index (χ2n) is 8.83. The first-order chi connectivity index (χ1) is 16.5. The molecule has 3 fully saturated rings. The molecule has 4 atom stereocenters. The number of hydrogen-bond donors (Lipinski definition) is 1. The number of methoxy groups -OCH3 is 1. The fourth-order valence-electron chi connectivity index (χ4n) is 5.07. The summed E-state index contributed by atoms with van der Waals surface area (Å²) in [5.41, 5.74) is 0.600. The number of aromatic nitrogens is 2. The van der Waals surface area contributed by atoms with Gasteiger partial charge in [0.2, 0.25) is 5.91 Å². The van der Waals surface area contributed by atoms with Crippen molar-refractivity contribution in [2.45, 2.75) is 49.2 Å². The lowest BCUT2D eigenvalue weighted by molar-refractivity contribution is -0.139. The van der Waals surface area contributed by atoms with E-state index in [4.69, 9.17) is 21.1 Å². The highest BCUT2D eigenvalue weighted by atomic mass is 35.5. The highest BCUT2D eigenvalue weighted by Crippen LogP contribution is 2.35. The second kappa shape index (κ2) is 9.59. The molecule has 0 unspecified atom stereocenters. The largest absolute Gasteiger partial charge is 0.495 e. The molecule has 2 aliphatic heterocycles. The predicted octanol–water partition coefficient (Wildman–Crippen LogP) is 2.29. The Bertz CT molecular complexity index is 1100. The number of halogens is 1. The number of ether oxygens (including phenoxy) is 2. The lowest BCUT2D eigenvalue weighted by atomic mass is 9.96. The van der Waals surface area contributed by atoms with Crippen LogP contribution in [0.5, 0.6) is 5.75 Å². The van der Waals surface area contributed by atoms with Gasteiger partial charge in [-0.15, -0.1) is 28.0 Å². The zero-order valence-electron chi connectivity index (χ0n) is 18.6. The van der Waals surface area contributed by atoms with Gasteiger partial charge in [0, 0.05) is 12.6 Å². The number of carbonyl (C=O) groups excluding carboxylic acids is 3. The average molecular weight is 505 g/mol. The molecule has 0 bridgehead atoms. The molecule has 2 saturated heterocycles. The van der Waals surface area contributed by atoms with Crippen LogP contribution >= 0.6 is 22.9 Å².